The number of nitrogens with one attached hydrogen (secondary N) is 1. The number of aliphatic carboxylic acids is 2. The third kappa shape index (κ3) is 12.5. The Balaban J connectivity index is 0.000000887. The van der Waals surface area contributed by atoms with Gasteiger partial charge in [-0.15, -0.1) is 0 Å². The molecule has 0 radical (unpaired) electrons. The maximum Gasteiger partial charge on any atom is 0.490 e. The van der Waals surface area contributed by atoms with Crippen LogP contribution >= 0.6 is 21.6 Å². The summed E-state index contributed by atoms with van der Waals surface area (Å²) in [5.41, 5.74) is 0.576. The Morgan fingerprint density at radius 3 is 2.29 bits per heavy atom. The molecule has 0 saturated heterocycles. The molecule has 0 aliphatic carbocycles. The molecule has 3 N–H and O–H groups in total. The topological polar surface area (TPSA) is 122 Å². The standard InChI is InChI=1S/C13H21N3O3S2.C2HF3O2/c1-10(2)9-16-11(3-5-15-16)13(19)14-6-8-21-20-7-4-12(17)18;3-2(4,5)1(6)7/h3,5,10H,4,6-9H2,1-2H3,(H,14,19)(H,17,18);(H,6,7). The zero-order valence-corrected chi connectivity index (χ0v) is 16.9. The number of carboxylic acids is 2. The van der Waals surface area contributed by atoms with Gasteiger partial charge in [0.15, 0.2) is 0 Å². The second-order valence-electron chi connectivity index (χ2n) is 5.64. The van der Waals surface area contributed by atoms with Crippen LogP contribution in [-0.2, 0) is 16.1 Å². The van der Waals surface area contributed by atoms with E-state index >= 15 is 0 Å². The van der Waals surface area contributed by atoms with Crippen LogP contribution in [0.15, 0.2) is 12.3 Å². The Kier molecular flexibility index (Phi) is 12.4. The number of carboxylic acid groups (broad SMARTS) is 2. The van der Waals surface area contributed by atoms with Crippen LogP contribution in [0, 0.1) is 5.92 Å². The molecule has 0 saturated carbocycles. The van der Waals surface area contributed by atoms with E-state index in [9.17, 15) is 22.8 Å². The van der Waals surface area contributed by atoms with Crippen molar-refractivity contribution in [2.24, 2.45) is 5.92 Å². The fourth-order valence-electron chi connectivity index (χ4n) is 1.56. The number of halogens is 3. The molecule has 0 unspecified atom stereocenters. The Morgan fingerprint density at radius 2 is 1.79 bits per heavy atom. The summed E-state index contributed by atoms with van der Waals surface area (Å²) in [6, 6.07) is 1.71. The van der Waals surface area contributed by atoms with Gasteiger partial charge in [-0.05, 0) is 12.0 Å². The number of amides is 1. The smallest absolute Gasteiger partial charge is 0.481 e. The highest BCUT2D eigenvalue weighted by atomic mass is 33.1. The Hall–Kier alpha value is -1.89. The normalized spacial score (nSPS) is 10.9. The minimum atomic E-state index is -5.08. The number of carbonyl (C=O) groups is 3. The highest BCUT2D eigenvalue weighted by Gasteiger charge is 2.38. The molecule has 1 rings (SSSR count). The minimum Gasteiger partial charge on any atom is -0.481 e. The van der Waals surface area contributed by atoms with E-state index in [1.807, 2.05) is 0 Å². The monoisotopic (exact) mass is 445 g/mol. The first-order valence-corrected chi connectivity index (χ1v) is 10.5. The molecule has 1 heterocycles. The van der Waals surface area contributed by atoms with E-state index in [1.54, 1.807) is 27.7 Å². The van der Waals surface area contributed by atoms with E-state index in [0.717, 1.165) is 12.3 Å². The van der Waals surface area contributed by atoms with Crippen LogP contribution in [0.2, 0.25) is 0 Å². The number of rotatable bonds is 10. The van der Waals surface area contributed by atoms with Gasteiger partial charge in [0.25, 0.3) is 5.91 Å². The molecule has 0 aromatic carbocycles. The number of hydrogen-bond acceptors (Lipinski definition) is 6. The first kappa shape index (κ1) is 26.1. The fraction of sp³-hybridized carbons (Fsp3) is 0.600. The van der Waals surface area contributed by atoms with E-state index < -0.39 is 18.1 Å². The Labute approximate surface area is 167 Å². The lowest BCUT2D eigenvalue weighted by molar-refractivity contribution is -0.192. The zero-order valence-electron chi connectivity index (χ0n) is 15.2. The summed E-state index contributed by atoms with van der Waals surface area (Å²) >= 11 is 0. The molecule has 1 aromatic rings. The summed E-state index contributed by atoms with van der Waals surface area (Å²) < 4.78 is 33.5. The van der Waals surface area contributed by atoms with Gasteiger partial charge in [-0.1, -0.05) is 35.4 Å². The molecule has 0 atom stereocenters. The molecule has 0 aliphatic rings. The van der Waals surface area contributed by atoms with Crippen molar-refractivity contribution in [3.63, 3.8) is 0 Å². The van der Waals surface area contributed by atoms with Gasteiger partial charge in [-0.3, -0.25) is 14.3 Å². The number of carbonyl (C=O) groups excluding carboxylic acids is 1. The van der Waals surface area contributed by atoms with E-state index in [-0.39, 0.29) is 12.3 Å². The summed E-state index contributed by atoms with van der Waals surface area (Å²) in [6.07, 6.45) is -3.29. The fourth-order valence-corrected chi connectivity index (χ4v) is 3.45. The lowest BCUT2D eigenvalue weighted by atomic mass is 10.2. The average Bonchev–Trinajstić information content (AvgIpc) is 3.00. The third-order valence-electron chi connectivity index (χ3n) is 2.68. The molecule has 160 valence electrons. The molecule has 0 spiro atoms. The first-order chi connectivity index (χ1) is 12.9. The van der Waals surface area contributed by atoms with E-state index in [2.05, 4.69) is 24.3 Å². The Bertz CT molecular complexity index is 639. The van der Waals surface area contributed by atoms with Crippen molar-refractivity contribution in [2.45, 2.75) is 33.0 Å². The SMILES string of the molecule is CC(C)Cn1nccc1C(=O)NCCSSCCC(=O)O.O=C(O)C(F)(F)F. The summed E-state index contributed by atoms with van der Waals surface area (Å²) in [7, 11) is 3.07. The molecule has 0 fully saturated rings. The van der Waals surface area contributed by atoms with E-state index in [4.69, 9.17) is 15.0 Å². The van der Waals surface area contributed by atoms with E-state index in [0.29, 0.717) is 23.9 Å². The van der Waals surface area contributed by atoms with Crippen LogP contribution in [0.25, 0.3) is 0 Å². The highest BCUT2D eigenvalue weighted by molar-refractivity contribution is 8.76. The molecule has 13 heteroatoms. The largest absolute Gasteiger partial charge is 0.490 e. The van der Waals surface area contributed by atoms with Crippen molar-refractivity contribution in [1.82, 2.24) is 15.1 Å². The lowest BCUT2D eigenvalue weighted by Crippen LogP contribution is -2.28. The van der Waals surface area contributed by atoms with Crippen molar-refractivity contribution >= 4 is 39.4 Å². The summed E-state index contributed by atoms with van der Waals surface area (Å²) in [5, 5.41) is 22.6. The van der Waals surface area contributed by atoms with Gasteiger partial charge in [0, 0.05) is 30.8 Å². The number of alkyl halides is 3. The summed E-state index contributed by atoms with van der Waals surface area (Å²) in [4.78, 5) is 31.2. The van der Waals surface area contributed by atoms with Gasteiger partial charge < -0.3 is 15.5 Å². The summed E-state index contributed by atoms with van der Waals surface area (Å²) in [5.74, 6) is -1.91. The molecule has 8 nitrogen and oxygen atoms in total. The maximum atomic E-state index is 12.0. The zero-order chi connectivity index (χ0) is 21.7. The maximum absolute atomic E-state index is 12.0. The highest BCUT2D eigenvalue weighted by Crippen LogP contribution is 2.21. The molecule has 1 amide bonds. The van der Waals surface area contributed by atoms with Gasteiger partial charge in [-0.2, -0.15) is 18.3 Å². The summed E-state index contributed by atoms with van der Waals surface area (Å²) in [6.45, 7) is 5.43. The van der Waals surface area contributed by atoms with Crippen molar-refractivity contribution < 1.29 is 37.8 Å². The first-order valence-electron chi connectivity index (χ1n) is 8.01. The quantitative estimate of drug-likeness (QED) is 0.371. The van der Waals surface area contributed by atoms with Crippen LogP contribution in [0.1, 0.15) is 30.8 Å². The predicted octanol–water partition coefficient (Wildman–Crippen LogP) is 2.76. The van der Waals surface area contributed by atoms with E-state index in [1.165, 1.54) is 10.8 Å². The molecule has 0 bridgehead atoms. The predicted molar refractivity (Wildman–Crippen MR) is 100 cm³/mol. The Morgan fingerprint density at radius 1 is 1.21 bits per heavy atom. The number of aromatic nitrogens is 2. The van der Waals surface area contributed by atoms with Crippen LogP contribution in [0.4, 0.5) is 13.2 Å². The third-order valence-corrected chi connectivity index (χ3v) is 5.09. The van der Waals surface area contributed by atoms with Gasteiger partial charge in [0.2, 0.25) is 0 Å². The van der Waals surface area contributed by atoms with Crippen molar-refractivity contribution in [3.05, 3.63) is 18.0 Å². The average molecular weight is 445 g/mol. The van der Waals surface area contributed by atoms with Crippen LogP contribution < -0.4 is 5.32 Å². The van der Waals surface area contributed by atoms with Gasteiger partial charge in [0.1, 0.15) is 5.69 Å². The van der Waals surface area contributed by atoms with Crippen molar-refractivity contribution in [1.29, 1.82) is 0 Å². The molecule has 28 heavy (non-hydrogen) atoms. The van der Waals surface area contributed by atoms with Crippen molar-refractivity contribution in [3.8, 4) is 0 Å². The van der Waals surface area contributed by atoms with Crippen LogP contribution in [-0.4, -0.2) is 62.1 Å². The van der Waals surface area contributed by atoms with Crippen LogP contribution in [0.5, 0.6) is 0 Å². The minimum absolute atomic E-state index is 0.121. The second-order valence-corrected chi connectivity index (χ2v) is 8.34. The molecular weight excluding hydrogens is 423 g/mol. The number of hydrogen-bond donors (Lipinski definition) is 3. The second kappa shape index (κ2) is 13.3. The lowest BCUT2D eigenvalue weighted by Gasteiger charge is -2.10. The molecular formula is C15H22F3N3O5S2. The van der Waals surface area contributed by atoms with Gasteiger partial charge in [0.05, 0.1) is 6.42 Å². The van der Waals surface area contributed by atoms with Gasteiger partial charge in [-0.25, -0.2) is 4.79 Å². The van der Waals surface area contributed by atoms with Crippen LogP contribution in [0.3, 0.4) is 0 Å². The molecule has 0 aliphatic heterocycles. The molecule has 1 aromatic heterocycles. The van der Waals surface area contributed by atoms with Gasteiger partial charge >= 0.3 is 18.1 Å². The number of nitrogens with zero attached hydrogens (tertiary/aromatic N) is 2. The van der Waals surface area contributed by atoms with Crippen molar-refractivity contribution in [2.75, 3.05) is 18.1 Å².